The molecule has 3 nitrogen and oxygen atoms in total. The summed E-state index contributed by atoms with van der Waals surface area (Å²) in [4.78, 5) is 11.4. The normalized spacial score (nSPS) is 15.3. The quantitative estimate of drug-likeness (QED) is 0.724. The number of hydrogen-bond acceptors (Lipinski definition) is 4. The molecule has 0 bridgehead atoms. The Morgan fingerprint density at radius 2 is 2.19 bits per heavy atom. The fourth-order valence-corrected chi connectivity index (χ4v) is 3.96. The van der Waals surface area contributed by atoms with Crippen LogP contribution < -0.4 is 0 Å². The van der Waals surface area contributed by atoms with Crippen LogP contribution in [0.4, 0.5) is 0 Å². The van der Waals surface area contributed by atoms with Crippen LogP contribution in [0.1, 0.15) is 22.6 Å². The van der Waals surface area contributed by atoms with Gasteiger partial charge in [-0.05, 0) is 29.3 Å². The molecule has 4 rings (SSSR count). The summed E-state index contributed by atoms with van der Waals surface area (Å²) in [5.74, 6) is 0.881. The molecule has 2 aromatic heterocycles. The average Bonchev–Trinajstić information content (AvgIpc) is 2.91. The lowest BCUT2D eigenvalue weighted by atomic mass is 10.1. The first-order chi connectivity index (χ1) is 10.3. The number of aromatic nitrogens is 2. The molecule has 3 heterocycles. The van der Waals surface area contributed by atoms with E-state index in [0.717, 1.165) is 31.9 Å². The standard InChI is InChI=1S/C17H17N3S/c1-12-18-8-13-9-20(7-6-16(13)19-12)10-14-11-21-17-5-3-2-4-15(14)17/h2-5,8,11H,6-7,9-10H2,1H3. The smallest absolute Gasteiger partial charge is 0.125 e. The zero-order chi connectivity index (χ0) is 14.2. The second-order valence-electron chi connectivity index (χ2n) is 5.61. The van der Waals surface area contributed by atoms with E-state index in [9.17, 15) is 0 Å². The molecular weight excluding hydrogens is 278 g/mol. The molecule has 0 amide bonds. The zero-order valence-corrected chi connectivity index (χ0v) is 12.9. The van der Waals surface area contributed by atoms with Gasteiger partial charge in [-0.15, -0.1) is 11.3 Å². The Bertz CT molecular complexity index is 794. The van der Waals surface area contributed by atoms with Crippen molar-refractivity contribution in [3.63, 3.8) is 0 Å². The van der Waals surface area contributed by atoms with Crippen LogP contribution in [0, 0.1) is 6.92 Å². The fourth-order valence-electron chi connectivity index (χ4n) is 3.01. The van der Waals surface area contributed by atoms with Crippen molar-refractivity contribution in [2.45, 2.75) is 26.4 Å². The molecule has 1 aliphatic heterocycles. The monoisotopic (exact) mass is 295 g/mol. The first kappa shape index (κ1) is 12.9. The number of thiophene rings is 1. The summed E-state index contributed by atoms with van der Waals surface area (Å²) in [6.45, 7) is 5.01. The van der Waals surface area contributed by atoms with E-state index in [1.165, 1.54) is 26.9 Å². The van der Waals surface area contributed by atoms with Crippen molar-refractivity contribution in [1.82, 2.24) is 14.9 Å². The van der Waals surface area contributed by atoms with Crippen LogP contribution in [-0.4, -0.2) is 21.4 Å². The Balaban J connectivity index is 1.57. The maximum absolute atomic E-state index is 4.56. The molecule has 0 aliphatic carbocycles. The van der Waals surface area contributed by atoms with Gasteiger partial charge in [-0.25, -0.2) is 9.97 Å². The van der Waals surface area contributed by atoms with Gasteiger partial charge in [0.25, 0.3) is 0 Å². The van der Waals surface area contributed by atoms with E-state index in [0.29, 0.717) is 0 Å². The number of benzene rings is 1. The highest BCUT2D eigenvalue weighted by molar-refractivity contribution is 7.17. The summed E-state index contributed by atoms with van der Waals surface area (Å²) in [6, 6.07) is 8.66. The summed E-state index contributed by atoms with van der Waals surface area (Å²) < 4.78 is 1.38. The molecule has 0 spiro atoms. The predicted molar refractivity (Wildman–Crippen MR) is 86.4 cm³/mol. The zero-order valence-electron chi connectivity index (χ0n) is 12.0. The summed E-state index contributed by atoms with van der Waals surface area (Å²) in [5, 5.41) is 3.69. The lowest BCUT2D eigenvalue weighted by Crippen LogP contribution is -2.30. The highest BCUT2D eigenvalue weighted by Gasteiger charge is 2.18. The van der Waals surface area contributed by atoms with Crippen molar-refractivity contribution in [3.05, 3.63) is 58.5 Å². The summed E-state index contributed by atoms with van der Waals surface area (Å²) in [5.41, 5.74) is 3.95. The van der Waals surface area contributed by atoms with Gasteiger partial charge in [0.05, 0.1) is 0 Å². The van der Waals surface area contributed by atoms with E-state index in [1.54, 1.807) is 0 Å². The number of aryl methyl sites for hydroxylation is 1. The van der Waals surface area contributed by atoms with E-state index in [4.69, 9.17) is 0 Å². The topological polar surface area (TPSA) is 29.0 Å². The summed E-state index contributed by atoms with van der Waals surface area (Å²) in [6.07, 6.45) is 3.02. The maximum atomic E-state index is 4.56. The van der Waals surface area contributed by atoms with E-state index < -0.39 is 0 Å². The van der Waals surface area contributed by atoms with Crippen molar-refractivity contribution >= 4 is 21.4 Å². The van der Waals surface area contributed by atoms with Gasteiger partial charge in [-0.3, -0.25) is 4.90 Å². The highest BCUT2D eigenvalue weighted by Crippen LogP contribution is 2.28. The molecule has 106 valence electrons. The lowest BCUT2D eigenvalue weighted by Gasteiger charge is -2.27. The molecule has 1 aliphatic rings. The molecule has 0 saturated carbocycles. The molecule has 0 atom stereocenters. The third-order valence-corrected chi connectivity index (χ3v) is 5.10. The fraction of sp³-hybridized carbons (Fsp3) is 0.294. The van der Waals surface area contributed by atoms with E-state index >= 15 is 0 Å². The van der Waals surface area contributed by atoms with Crippen LogP contribution in [0.2, 0.25) is 0 Å². The van der Waals surface area contributed by atoms with Gasteiger partial charge in [0.1, 0.15) is 5.82 Å². The molecule has 0 N–H and O–H groups in total. The van der Waals surface area contributed by atoms with Gasteiger partial charge in [0, 0.05) is 48.2 Å². The molecule has 0 saturated heterocycles. The molecule has 0 radical (unpaired) electrons. The third-order valence-electron chi connectivity index (χ3n) is 4.09. The van der Waals surface area contributed by atoms with Gasteiger partial charge >= 0.3 is 0 Å². The van der Waals surface area contributed by atoms with Crippen LogP contribution in [0.5, 0.6) is 0 Å². The number of nitrogens with zero attached hydrogens (tertiary/aromatic N) is 3. The maximum Gasteiger partial charge on any atom is 0.125 e. The predicted octanol–water partition coefficient (Wildman–Crippen LogP) is 3.56. The van der Waals surface area contributed by atoms with Crippen LogP contribution >= 0.6 is 11.3 Å². The van der Waals surface area contributed by atoms with E-state index in [2.05, 4.69) is 44.5 Å². The molecular formula is C17H17N3S. The van der Waals surface area contributed by atoms with E-state index in [-0.39, 0.29) is 0 Å². The first-order valence-electron chi connectivity index (χ1n) is 7.28. The second-order valence-corrected chi connectivity index (χ2v) is 6.52. The first-order valence-corrected chi connectivity index (χ1v) is 8.16. The largest absolute Gasteiger partial charge is 0.294 e. The highest BCUT2D eigenvalue weighted by atomic mass is 32.1. The Kier molecular flexibility index (Phi) is 3.20. The van der Waals surface area contributed by atoms with Crippen LogP contribution in [-0.2, 0) is 19.5 Å². The summed E-state index contributed by atoms with van der Waals surface area (Å²) in [7, 11) is 0. The molecule has 4 heteroatoms. The Hall–Kier alpha value is -1.78. The molecule has 3 aromatic rings. The van der Waals surface area contributed by atoms with Gasteiger partial charge in [-0.2, -0.15) is 0 Å². The third kappa shape index (κ3) is 2.45. The summed E-state index contributed by atoms with van der Waals surface area (Å²) >= 11 is 1.84. The molecule has 21 heavy (non-hydrogen) atoms. The number of hydrogen-bond donors (Lipinski definition) is 0. The van der Waals surface area contributed by atoms with Gasteiger partial charge in [-0.1, -0.05) is 18.2 Å². The Morgan fingerprint density at radius 3 is 3.14 bits per heavy atom. The van der Waals surface area contributed by atoms with Crippen molar-refractivity contribution in [2.24, 2.45) is 0 Å². The van der Waals surface area contributed by atoms with E-state index in [1.807, 2.05) is 24.5 Å². The van der Waals surface area contributed by atoms with Crippen molar-refractivity contribution in [3.8, 4) is 0 Å². The van der Waals surface area contributed by atoms with Gasteiger partial charge in [0.2, 0.25) is 0 Å². The second kappa shape index (κ2) is 5.20. The van der Waals surface area contributed by atoms with Crippen molar-refractivity contribution < 1.29 is 0 Å². The number of fused-ring (bicyclic) bond motifs is 2. The molecule has 0 fully saturated rings. The lowest BCUT2D eigenvalue weighted by molar-refractivity contribution is 0.244. The Labute approximate surface area is 128 Å². The SMILES string of the molecule is Cc1ncc2c(n1)CCN(Cc1csc3ccccc13)C2. The van der Waals surface area contributed by atoms with Crippen molar-refractivity contribution in [2.75, 3.05) is 6.54 Å². The minimum atomic E-state index is 0.881. The number of rotatable bonds is 2. The minimum Gasteiger partial charge on any atom is -0.294 e. The molecule has 1 aromatic carbocycles. The Morgan fingerprint density at radius 1 is 1.29 bits per heavy atom. The van der Waals surface area contributed by atoms with Crippen LogP contribution in [0.3, 0.4) is 0 Å². The minimum absolute atomic E-state index is 0.881. The van der Waals surface area contributed by atoms with Gasteiger partial charge < -0.3 is 0 Å². The van der Waals surface area contributed by atoms with Crippen LogP contribution in [0.15, 0.2) is 35.8 Å². The average molecular weight is 295 g/mol. The van der Waals surface area contributed by atoms with Crippen LogP contribution in [0.25, 0.3) is 10.1 Å². The molecule has 0 unspecified atom stereocenters. The van der Waals surface area contributed by atoms with Gasteiger partial charge in [0.15, 0.2) is 0 Å². The van der Waals surface area contributed by atoms with Crippen molar-refractivity contribution in [1.29, 1.82) is 0 Å².